The zero-order chi connectivity index (χ0) is 14.5. The van der Waals surface area contributed by atoms with Gasteiger partial charge in [0.2, 0.25) is 0 Å². The molecule has 0 saturated heterocycles. The van der Waals surface area contributed by atoms with Crippen LogP contribution in [0.15, 0.2) is 18.2 Å². The first kappa shape index (κ1) is 15.2. The summed E-state index contributed by atoms with van der Waals surface area (Å²) in [6.07, 6.45) is 0. The van der Waals surface area contributed by atoms with Crippen molar-refractivity contribution in [1.29, 1.82) is 0 Å². The van der Waals surface area contributed by atoms with Crippen LogP contribution in [0, 0.1) is 18.8 Å². The minimum atomic E-state index is -0.867. The normalized spacial score (nSPS) is 10.6. The number of amides is 1. The maximum atomic E-state index is 12.0. The first-order valence-corrected chi connectivity index (χ1v) is 6.07. The molecular weight excluding hydrogens is 240 g/mol. The van der Waals surface area contributed by atoms with Crippen molar-refractivity contribution in [2.75, 3.05) is 19.0 Å². The second-order valence-corrected chi connectivity index (χ2v) is 4.70. The number of ether oxygens (including phenoxy) is 1. The molecule has 0 heterocycles. The first-order valence-electron chi connectivity index (χ1n) is 6.07. The van der Waals surface area contributed by atoms with Gasteiger partial charge in [0.15, 0.2) is 0 Å². The van der Waals surface area contributed by atoms with Crippen LogP contribution in [-0.4, -0.2) is 25.2 Å². The Morgan fingerprint density at radius 3 is 2.74 bits per heavy atom. The Hall–Kier alpha value is -1.83. The Morgan fingerprint density at radius 2 is 2.16 bits per heavy atom. The lowest BCUT2D eigenvalue weighted by Gasteiger charge is -2.21. The quantitative estimate of drug-likeness (QED) is 0.813. The van der Waals surface area contributed by atoms with E-state index in [0.29, 0.717) is 12.2 Å². The van der Waals surface area contributed by atoms with Crippen molar-refractivity contribution in [3.63, 3.8) is 0 Å². The van der Waals surface area contributed by atoms with Crippen LogP contribution in [0.3, 0.4) is 0 Å². The fourth-order valence-corrected chi connectivity index (χ4v) is 1.35. The van der Waals surface area contributed by atoms with Gasteiger partial charge < -0.3 is 15.8 Å². The molecule has 102 valence electrons. The van der Waals surface area contributed by atoms with Crippen LogP contribution >= 0.6 is 0 Å². The number of methoxy groups -OCH3 is 1. The number of nitrogens with two attached hydrogens (primary N) is 1. The molecule has 1 rings (SSSR count). The van der Waals surface area contributed by atoms with Crippen LogP contribution in [0.1, 0.15) is 25.0 Å². The highest BCUT2D eigenvalue weighted by Gasteiger charge is 2.26. The minimum absolute atomic E-state index is 0.198. The molecule has 3 N–H and O–H groups in total. The predicted octanol–water partition coefficient (Wildman–Crippen LogP) is 1.67. The van der Waals surface area contributed by atoms with E-state index >= 15 is 0 Å². The molecule has 0 radical (unpaired) electrons. The second-order valence-electron chi connectivity index (χ2n) is 4.70. The highest BCUT2D eigenvalue weighted by atomic mass is 16.5. The average molecular weight is 260 g/mol. The lowest BCUT2D eigenvalue weighted by Crippen LogP contribution is -2.38. The predicted molar refractivity (Wildman–Crippen MR) is 76.8 cm³/mol. The van der Waals surface area contributed by atoms with E-state index in [-0.39, 0.29) is 5.91 Å². The highest BCUT2D eigenvalue weighted by Crippen LogP contribution is 2.17. The molecule has 0 aliphatic heterocycles. The second kappa shape index (κ2) is 6.37. The molecule has 0 unspecified atom stereocenters. The fraction of sp³-hybridized carbons (Fsp3) is 0.400. The van der Waals surface area contributed by atoms with Crippen LogP contribution in [0.2, 0.25) is 0 Å². The van der Waals surface area contributed by atoms with Crippen molar-refractivity contribution in [1.82, 2.24) is 0 Å². The molecule has 1 aromatic carbocycles. The first-order chi connectivity index (χ1) is 8.90. The van der Waals surface area contributed by atoms with Crippen molar-refractivity contribution in [3.8, 4) is 11.8 Å². The number of anilines is 1. The largest absolute Gasteiger partial charge is 0.369 e. The van der Waals surface area contributed by atoms with Crippen LogP contribution in [0.5, 0.6) is 0 Å². The molecule has 0 aliphatic rings. The van der Waals surface area contributed by atoms with Gasteiger partial charge in [-0.15, -0.1) is 0 Å². The number of hydrogen-bond acceptors (Lipinski definition) is 3. The monoisotopic (exact) mass is 260 g/mol. The molecule has 0 fully saturated rings. The minimum Gasteiger partial charge on any atom is -0.369 e. The van der Waals surface area contributed by atoms with Gasteiger partial charge in [-0.3, -0.25) is 4.79 Å². The standard InChI is InChI=1S/C15H20N2O2/c1-11-7-8-13(10-12(11)6-5-9-16)17-14(18)15(2,3)19-4/h7-8,10H,9,16H2,1-4H3,(H,17,18). The Kier molecular flexibility index (Phi) is 5.11. The Labute approximate surface area is 114 Å². The van der Waals surface area contributed by atoms with Crippen molar-refractivity contribution in [2.45, 2.75) is 26.4 Å². The molecule has 0 saturated carbocycles. The molecule has 0 atom stereocenters. The number of hydrogen-bond donors (Lipinski definition) is 2. The third-order valence-corrected chi connectivity index (χ3v) is 2.88. The molecule has 0 aromatic heterocycles. The van der Waals surface area contributed by atoms with Gasteiger partial charge in [0.05, 0.1) is 6.54 Å². The Bertz CT molecular complexity index is 525. The van der Waals surface area contributed by atoms with Gasteiger partial charge in [0, 0.05) is 18.4 Å². The lowest BCUT2D eigenvalue weighted by atomic mass is 10.1. The fourth-order valence-electron chi connectivity index (χ4n) is 1.35. The van der Waals surface area contributed by atoms with Crippen molar-refractivity contribution >= 4 is 11.6 Å². The van der Waals surface area contributed by atoms with Gasteiger partial charge in [-0.1, -0.05) is 17.9 Å². The van der Waals surface area contributed by atoms with Crippen molar-refractivity contribution in [2.24, 2.45) is 5.73 Å². The van der Waals surface area contributed by atoms with Gasteiger partial charge in [-0.05, 0) is 38.5 Å². The van der Waals surface area contributed by atoms with E-state index in [0.717, 1.165) is 11.1 Å². The zero-order valence-corrected chi connectivity index (χ0v) is 11.8. The van der Waals surface area contributed by atoms with E-state index in [4.69, 9.17) is 10.5 Å². The number of aryl methyl sites for hydroxylation is 1. The molecule has 4 nitrogen and oxygen atoms in total. The van der Waals surface area contributed by atoms with Gasteiger partial charge in [-0.25, -0.2) is 0 Å². The van der Waals surface area contributed by atoms with Crippen molar-refractivity contribution in [3.05, 3.63) is 29.3 Å². The van der Waals surface area contributed by atoms with E-state index < -0.39 is 5.60 Å². The summed E-state index contributed by atoms with van der Waals surface area (Å²) in [5, 5.41) is 2.81. The summed E-state index contributed by atoms with van der Waals surface area (Å²) in [5.74, 6) is 5.59. The number of carbonyl (C=O) groups excluding carboxylic acids is 1. The van der Waals surface area contributed by atoms with Crippen LogP contribution in [0.4, 0.5) is 5.69 Å². The summed E-state index contributed by atoms with van der Waals surface area (Å²) in [7, 11) is 1.51. The summed E-state index contributed by atoms with van der Waals surface area (Å²) < 4.78 is 5.13. The van der Waals surface area contributed by atoms with Gasteiger partial charge in [-0.2, -0.15) is 0 Å². The maximum absolute atomic E-state index is 12.0. The topological polar surface area (TPSA) is 64.3 Å². The summed E-state index contributed by atoms with van der Waals surface area (Å²) in [6, 6.07) is 5.59. The molecule has 0 aliphatic carbocycles. The third kappa shape index (κ3) is 4.09. The average Bonchev–Trinajstić information content (AvgIpc) is 2.39. The number of rotatable bonds is 3. The summed E-state index contributed by atoms with van der Waals surface area (Å²) in [5.41, 5.74) is 7.10. The lowest BCUT2D eigenvalue weighted by molar-refractivity contribution is -0.133. The summed E-state index contributed by atoms with van der Waals surface area (Å²) in [4.78, 5) is 12.0. The van der Waals surface area contributed by atoms with E-state index in [1.165, 1.54) is 7.11 Å². The number of nitrogens with one attached hydrogen (secondary N) is 1. The summed E-state index contributed by atoms with van der Waals surface area (Å²) >= 11 is 0. The number of carbonyl (C=O) groups is 1. The van der Waals surface area contributed by atoms with E-state index in [1.807, 2.05) is 25.1 Å². The third-order valence-electron chi connectivity index (χ3n) is 2.88. The Balaban J connectivity index is 2.95. The molecule has 1 amide bonds. The molecule has 0 spiro atoms. The molecular formula is C15H20N2O2. The van der Waals surface area contributed by atoms with E-state index in [2.05, 4.69) is 17.2 Å². The molecule has 1 aromatic rings. The van der Waals surface area contributed by atoms with E-state index in [9.17, 15) is 4.79 Å². The summed E-state index contributed by atoms with van der Waals surface area (Å²) in [6.45, 7) is 5.70. The maximum Gasteiger partial charge on any atom is 0.256 e. The highest BCUT2D eigenvalue weighted by molar-refractivity contribution is 5.96. The smallest absolute Gasteiger partial charge is 0.256 e. The van der Waals surface area contributed by atoms with Gasteiger partial charge >= 0.3 is 0 Å². The van der Waals surface area contributed by atoms with Crippen LogP contribution in [0.25, 0.3) is 0 Å². The van der Waals surface area contributed by atoms with Crippen molar-refractivity contribution < 1.29 is 9.53 Å². The Morgan fingerprint density at radius 1 is 1.47 bits per heavy atom. The van der Waals surface area contributed by atoms with Crippen LogP contribution in [-0.2, 0) is 9.53 Å². The van der Waals surface area contributed by atoms with Gasteiger partial charge in [0.25, 0.3) is 5.91 Å². The molecule has 19 heavy (non-hydrogen) atoms. The van der Waals surface area contributed by atoms with Crippen LogP contribution < -0.4 is 11.1 Å². The molecule has 0 bridgehead atoms. The molecule has 4 heteroatoms. The van der Waals surface area contributed by atoms with Gasteiger partial charge in [0.1, 0.15) is 5.60 Å². The SMILES string of the molecule is COC(C)(C)C(=O)Nc1ccc(C)c(C#CCN)c1. The van der Waals surface area contributed by atoms with E-state index in [1.54, 1.807) is 13.8 Å². The zero-order valence-electron chi connectivity index (χ0n) is 11.8. The number of benzene rings is 1.